The Morgan fingerprint density at radius 1 is 1.43 bits per heavy atom. The summed E-state index contributed by atoms with van der Waals surface area (Å²) in [7, 11) is 1.41. The normalized spacial score (nSPS) is 13.7. The molecule has 1 heterocycles. The number of carboxylic acids is 1. The van der Waals surface area contributed by atoms with E-state index in [0.717, 1.165) is 24.8 Å². The van der Waals surface area contributed by atoms with Crippen LogP contribution in [0.25, 0.3) is 0 Å². The third-order valence-electron chi connectivity index (χ3n) is 3.27. The zero-order chi connectivity index (χ0) is 16.0. The third-order valence-corrected chi connectivity index (χ3v) is 4.51. The van der Waals surface area contributed by atoms with Gasteiger partial charge in [0.1, 0.15) is 0 Å². The standard InChI is InChI=1S/C15H23NO4S/c1-5-7-11-10(6-2)8-12(21-11)13(17)16-15(3,9-20-4)14(18)19/h8H,5-7,9H2,1-4H3,(H,16,17)(H,18,19). The zero-order valence-corrected chi connectivity index (χ0v) is 13.8. The Balaban J connectivity index is 2.95. The first kappa shape index (κ1) is 17.7. The predicted molar refractivity (Wildman–Crippen MR) is 83.1 cm³/mol. The van der Waals surface area contributed by atoms with Crippen LogP contribution in [0, 0.1) is 0 Å². The molecule has 0 fully saturated rings. The van der Waals surface area contributed by atoms with E-state index in [1.807, 2.05) is 6.07 Å². The molecule has 0 radical (unpaired) electrons. The van der Waals surface area contributed by atoms with Gasteiger partial charge in [0.15, 0.2) is 5.54 Å². The fourth-order valence-corrected chi connectivity index (χ4v) is 3.32. The van der Waals surface area contributed by atoms with Gasteiger partial charge in [-0.2, -0.15) is 0 Å². The van der Waals surface area contributed by atoms with Crippen LogP contribution in [-0.2, 0) is 22.4 Å². The van der Waals surface area contributed by atoms with Crippen molar-refractivity contribution in [2.75, 3.05) is 13.7 Å². The Morgan fingerprint density at radius 2 is 2.10 bits per heavy atom. The molecule has 0 aliphatic rings. The van der Waals surface area contributed by atoms with Crippen molar-refractivity contribution in [2.45, 2.75) is 45.6 Å². The van der Waals surface area contributed by atoms with Crippen molar-refractivity contribution in [1.82, 2.24) is 5.32 Å². The Kier molecular flexibility index (Phi) is 6.36. The van der Waals surface area contributed by atoms with Gasteiger partial charge in [0, 0.05) is 12.0 Å². The molecule has 1 atom stereocenters. The summed E-state index contributed by atoms with van der Waals surface area (Å²) < 4.78 is 4.90. The molecular weight excluding hydrogens is 290 g/mol. The molecule has 0 bridgehead atoms. The lowest BCUT2D eigenvalue weighted by atomic mass is 10.0. The molecule has 0 spiro atoms. The molecule has 0 aromatic carbocycles. The molecule has 1 aromatic rings. The van der Waals surface area contributed by atoms with Crippen LogP contribution < -0.4 is 5.32 Å². The molecule has 0 saturated heterocycles. The van der Waals surface area contributed by atoms with Crippen LogP contribution in [0.1, 0.15) is 47.3 Å². The van der Waals surface area contributed by atoms with Gasteiger partial charge in [0.2, 0.25) is 0 Å². The van der Waals surface area contributed by atoms with Crippen molar-refractivity contribution in [3.63, 3.8) is 0 Å². The number of nitrogens with one attached hydrogen (secondary N) is 1. The van der Waals surface area contributed by atoms with Gasteiger partial charge >= 0.3 is 5.97 Å². The maximum Gasteiger partial charge on any atom is 0.331 e. The SMILES string of the molecule is CCCc1sc(C(=O)NC(C)(COC)C(=O)O)cc1CC. The second-order valence-electron chi connectivity index (χ2n) is 5.19. The number of carboxylic acid groups (broad SMARTS) is 1. The van der Waals surface area contributed by atoms with Gasteiger partial charge in [0.25, 0.3) is 5.91 Å². The van der Waals surface area contributed by atoms with Crippen molar-refractivity contribution in [1.29, 1.82) is 0 Å². The number of hydrogen-bond acceptors (Lipinski definition) is 4. The van der Waals surface area contributed by atoms with Crippen molar-refractivity contribution in [2.24, 2.45) is 0 Å². The minimum atomic E-state index is -1.42. The van der Waals surface area contributed by atoms with Gasteiger partial charge in [-0.15, -0.1) is 11.3 Å². The highest BCUT2D eigenvalue weighted by Crippen LogP contribution is 2.25. The number of carbonyl (C=O) groups excluding carboxylic acids is 1. The summed E-state index contributed by atoms with van der Waals surface area (Å²) in [6.45, 7) is 5.51. The molecule has 1 unspecified atom stereocenters. The molecule has 0 aliphatic heterocycles. The van der Waals surface area contributed by atoms with Crippen LogP contribution >= 0.6 is 11.3 Å². The van der Waals surface area contributed by atoms with E-state index in [1.165, 1.54) is 30.2 Å². The quantitative estimate of drug-likeness (QED) is 0.773. The maximum absolute atomic E-state index is 12.3. The molecule has 5 nitrogen and oxygen atoms in total. The van der Waals surface area contributed by atoms with Crippen LogP contribution in [0.4, 0.5) is 0 Å². The average Bonchev–Trinajstić information content (AvgIpc) is 2.82. The average molecular weight is 313 g/mol. The van der Waals surface area contributed by atoms with Crippen LogP contribution in [-0.4, -0.2) is 36.2 Å². The van der Waals surface area contributed by atoms with Crippen molar-refractivity contribution in [3.05, 3.63) is 21.4 Å². The number of thiophene rings is 1. The monoisotopic (exact) mass is 313 g/mol. The number of hydrogen-bond donors (Lipinski definition) is 2. The fraction of sp³-hybridized carbons (Fsp3) is 0.600. The zero-order valence-electron chi connectivity index (χ0n) is 13.0. The van der Waals surface area contributed by atoms with E-state index in [9.17, 15) is 14.7 Å². The molecule has 118 valence electrons. The number of ether oxygens (including phenoxy) is 1. The summed E-state index contributed by atoms with van der Waals surface area (Å²) in [6.07, 6.45) is 2.83. The number of aryl methyl sites for hydroxylation is 2. The second-order valence-corrected chi connectivity index (χ2v) is 6.32. The number of methoxy groups -OCH3 is 1. The van der Waals surface area contributed by atoms with Crippen LogP contribution in [0.3, 0.4) is 0 Å². The first-order valence-electron chi connectivity index (χ1n) is 7.04. The molecular formula is C15H23NO4S. The summed E-state index contributed by atoms with van der Waals surface area (Å²) in [4.78, 5) is 25.4. The van der Waals surface area contributed by atoms with E-state index >= 15 is 0 Å². The molecule has 1 aromatic heterocycles. The van der Waals surface area contributed by atoms with Gasteiger partial charge < -0.3 is 15.2 Å². The number of carbonyl (C=O) groups is 2. The van der Waals surface area contributed by atoms with E-state index in [2.05, 4.69) is 19.2 Å². The molecule has 21 heavy (non-hydrogen) atoms. The Bertz CT molecular complexity index is 512. The Morgan fingerprint density at radius 3 is 2.57 bits per heavy atom. The van der Waals surface area contributed by atoms with Crippen LogP contribution in [0.5, 0.6) is 0 Å². The topological polar surface area (TPSA) is 75.6 Å². The van der Waals surface area contributed by atoms with E-state index < -0.39 is 11.5 Å². The second kappa shape index (κ2) is 7.56. The minimum absolute atomic E-state index is 0.0814. The fourth-order valence-electron chi connectivity index (χ4n) is 2.07. The van der Waals surface area contributed by atoms with Crippen molar-refractivity contribution < 1.29 is 19.4 Å². The number of rotatable bonds is 8. The highest BCUT2D eigenvalue weighted by Gasteiger charge is 2.35. The molecule has 6 heteroatoms. The largest absolute Gasteiger partial charge is 0.479 e. The lowest BCUT2D eigenvalue weighted by Gasteiger charge is -2.24. The van der Waals surface area contributed by atoms with E-state index in [0.29, 0.717) is 4.88 Å². The van der Waals surface area contributed by atoms with E-state index in [1.54, 1.807) is 0 Å². The summed E-state index contributed by atoms with van der Waals surface area (Å²) in [5.41, 5.74) is -0.261. The van der Waals surface area contributed by atoms with Crippen LogP contribution in [0.15, 0.2) is 6.07 Å². The van der Waals surface area contributed by atoms with E-state index in [-0.39, 0.29) is 12.5 Å². The smallest absolute Gasteiger partial charge is 0.331 e. The molecule has 2 N–H and O–H groups in total. The summed E-state index contributed by atoms with van der Waals surface area (Å²) >= 11 is 1.44. The summed E-state index contributed by atoms with van der Waals surface area (Å²) in [5, 5.41) is 11.8. The summed E-state index contributed by atoms with van der Waals surface area (Å²) in [6, 6.07) is 1.86. The Labute approximate surface area is 129 Å². The van der Waals surface area contributed by atoms with Crippen molar-refractivity contribution in [3.8, 4) is 0 Å². The molecule has 0 saturated carbocycles. The minimum Gasteiger partial charge on any atom is -0.479 e. The molecule has 1 rings (SSSR count). The molecule has 1 amide bonds. The van der Waals surface area contributed by atoms with Gasteiger partial charge in [-0.05, 0) is 31.4 Å². The van der Waals surface area contributed by atoms with Gasteiger partial charge in [-0.3, -0.25) is 4.79 Å². The molecule has 0 aliphatic carbocycles. The maximum atomic E-state index is 12.3. The number of aliphatic carboxylic acids is 1. The number of amides is 1. The van der Waals surface area contributed by atoms with E-state index in [4.69, 9.17) is 4.74 Å². The highest BCUT2D eigenvalue weighted by molar-refractivity contribution is 7.14. The first-order chi connectivity index (χ1) is 9.87. The van der Waals surface area contributed by atoms with Crippen LogP contribution in [0.2, 0.25) is 0 Å². The lowest BCUT2D eigenvalue weighted by Crippen LogP contribution is -2.55. The third kappa shape index (κ3) is 4.28. The lowest BCUT2D eigenvalue weighted by molar-refractivity contribution is -0.145. The van der Waals surface area contributed by atoms with Crippen molar-refractivity contribution >= 4 is 23.2 Å². The summed E-state index contributed by atoms with van der Waals surface area (Å²) in [5.74, 6) is -1.47. The highest BCUT2D eigenvalue weighted by atomic mass is 32.1. The van der Waals surface area contributed by atoms with Gasteiger partial charge in [-0.1, -0.05) is 20.3 Å². The first-order valence-corrected chi connectivity index (χ1v) is 7.86. The van der Waals surface area contributed by atoms with Gasteiger partial charge in [0.05, 0.1) is 11.5 Å². The Hall–Kier alpha value is -1.40. The predicted octanol–water partition coefficient (Wildman–Crippen LogP) is 2.48. The van der Waals surface area contributed by atoms with Gasteiger partial charge in [-0.25, -0.2) is 4.79 Å².